The summed E-state index contributed by atoms with van der Waals surface area (Å²) in [6.07, 6.45) is 6.63. The standard InChI is InChI=1S/C26H23I/c1-4-24-22(10-7-15-27)23-14-13-21(17-25(23)26(24,2)3)20-12-11-18-8-5-6-9-19(18)16-20/h4-17H,1-3H3/b15-7+,22-10-,24-4?. The topological polar surface area (TPSA) is 0 Å². The molecule has 1 aliphatic carbocycles. The maximum atomic E-state index is 2.39. The van der Waals surface area contributed by atoms with E-state index in [9.17, 15) is 0 Å². The van der Waals surface area contributed by atoms with Gasteiger partial charge in [0.25, 0.3) is 0 Å². The third-order valence-corrected chi connectivity index (χ3v) is 6.07. The fourth-order valence-electron chi connectivity index (χ4n) is 4.30. The second kappa shape index (κ2) is 7.12. The third-order valence-electron chi connectivity index (χ3n) is 5.65. The summed E-state index contributed by atoms with van der Waals surface area (Å²) in [5.74, 6) is 0. The van der Waals surface area contributed by atoms with E-state index in [4.69, 9.17) is 0 Å². The number of allylic oxidation sites excluding steroid dienone is 5. The van der Waals surface area contributed by atoms with Crippen LogP contribution in [0.25, 0.3) is 27.5 Å². The molecule has 0 spiro atoms. The van der Waals surface area contributed by atoms with Crippen LogP contribution in [0.15, 0.2) is 88.5 Å². The summed E-state index contributed by atoms with van der Waals surface area (Å²) in [6.45, 7) is 6.81. The van der Waals surface area contributed by atoms with Crippen LogP contribution in [-0.2, 0) is 5.41 Å². The van der Waals surface area contributed by atoms with Gasteiger partial charge in [-0.15, -0.1) is 0 Å². The van der Waals surface area contributed by atoms with Gasteiger partial charge in [0.1, 0.15) is 0 Å². The molecule has 0 saturated heterocycles. The van der Waals surface area contributed by atoms with E-state index < -0.39 is 0 Å². The minimum atomic E-state index is 0.0158. The number of halogens is 1. The Morgan fingerprint density at radius 1 is 0.852 bits per heavy atom. The molecule has 0 N–H and O–H groups in total. The number of fused-ring (bicyclic) bond motifs is 2. The highest BCUT2D eigenvalue weighted by molar-refractivity contribution is 14.1. The van der Waals surface area contributed by atoms with E-state index in [-0.39, 0.29) is 5.41 Å². The molecule has 134 valence electrons. The van der Waals surface area contributed by atoms with Gasteiger partial charge in [-0.25, -0.2) is 0 Å². The SMILES string of the molecule is CC=C1/C(=C\C=C\I)c2ccc(-c3ccc4ccccc4c3)cc2C1(C)C. The Balaban J connectivity index is 1.88. The minimum Gasteiger partial charge on any atom is -0.0829 e. The smallest absolute Gasteiger partial charge is 0.0155 e. The van der Waals surface area contributed by atoms with E-state index in [1.54, 1.807) is 0 Å². The van der Waals surface area contributed by atoms with Crippen molar-refractivity contribution in [1.29, 1.82) is 0 Å². The first-order valence-electron chi connectivity index (χ1n) is 9.34. The number of benzene rings is 3. The summed E-state index contributed by atoms with van der Waals surface area (Å²) in [6, 6.07) is 22.2. The van der Waals surface area contributed by atoms with Gasteiger partial charge in [0.15, 0.2) is 0 Å². The van der Waals surface area contributed by atoms with Gasteiger partial charge >= 0.3 is 0 Å². The van der Waals surface area contributed by atoms with Crippen molar-refractivity contribution < 1.29 is 0 Å². The Bertz CT molecular complexity index is 1110. The van der Waals surface area contributed by atoms with Gasteiger partial charge in [-0.1, -0.05) is 103 Å². The Morgan fingerprint density at radius 2 is 1.56 bits per heavy atom. The van der Waals surface area contributed by atoms with Crippen molar-refractivity contribution in [2.45, 2.75) is 26.2 Å². The number of hydrogen-bond donors (Lipinski definition) is 0. The second-order valence-corrected chi connectivity index (χ2v) is 8.27. The first-order valence-corrected chi connectivity index (χ1v) is 10.6. The van der Waals surface area contributed by atoms with Crippen LogP contribution in [0.5, 0.6) is 0 Å². The zero-order valence-electron chi connectivity index (χ0n) is 16.0. The molecule has 0 aromatic heterocycles. The number of rotatable bonds is 2. The third kappa shape index (κ3) is 3.08. The van der Waals surface area contributed by atoms with Crippen molar-refractivity contribution in [1.82, 2.24) is 0 Å². The molecule has 1 aliphatic rings. The highest BCUT2D eigenvalue weighted by Crippen LogP contribution is 2.50. The Labute approximate surface area is 175 Å². The highest BCUT2D eigenvalue weighted by atomic mass is 127. The molecule has 0 heterocycles. The van der Waals surface area contributed by atoms with Gasteiger partial charge in [-0.05, 0) is 67.3 Å². The van der Waals surface area contributed by atoms with Crippen LogP contribution in [-0.4, -0.2) is 0 Å². The van der Waals surface area contributed by atoms with Crippen LogP contribution in [0, 0.1) is 0 Å². The Hall–Kier alpha value is -2.13. The summed E-state index contributed by atoms with van der Waals surface area (Å²) in [5.41, 5.74) is 8.09. The first kappa shape index (κ1) is 18.2. The van der Waals surface area contributed by atoms with E-state index in [1.165, 1.54) is 44.2 Å². The molecule has 4 rings (SSSR count). The summed E-state index contributed by atoms with van der Waals surface area (Å²) in [4.78, 5) is 0. The predicted octanol–water partition coefficient (Wildman–Crippen LogP) is 8.08. The highest BCUT2D eigenvalue weighted by Gasteiger charge is 2.37. The minimum absolute atomic E-state index is 0.0158. The molecular formula is C26H23I. The normalized spacial score (nSPS) is 18.7. The lowest BCUT2D eigenvalue weighted by molar-refractivity contribution is 0.660. The molecule has 27 heavy (non-hydrogen) atoms. The summed E-state index contributed by atoms with van der Waals surface area (Å²) >= 11 is 2.28. The molecule has 1 heteroatoms. The van der Waals surface area contributed by atoms with Crippen molar-refractivity contribution in [3.05, 3.63) is 99.7 Å². The van der Waals surface area contributed by atoms with Crippen LogP contribution < -0.4 is 0 Å². The zero-order valence-corrected chi connectivity index (χ0v) is 18.1. The maximum Gasteiger partial charge on any atom is 0.0155 e. The van der Waals surface area contributed by atoms with Crippen molar-refractivity contribution in [2.24, 2.45) is 0 Å². The molecule has 3 aromatic rings. The molecule has 0 aliphatic heterocycles. The monoisotopic (exact) mass is 462 g/mol. The van der Waals surface area contributed by atoms with Gasteiger partial charge in [0, 0.05) is 5.41 Å². The molecular weight excluding hydrogens is 439 g/mol. The fourth-order valence-corrected chi connectivity index (χ4v) is 4.51. The zero-order chi connectivity index (χ0) is 19.0. The van der Waals surface area contributed by atoms with Gasteiger partial charge < -0.3 is 0 Å². The Kier molecular flexibility index (Phi) is 4.81. The van der Waals surface area contributed by atoms with Crippen LogP contribution in [0.3, 0.4) is 0 Å². The molecule has 3 aromatic carbocycles. The molecule has 0 radical (unpaired) electrons. The van der Waals surface area contributed by atoms with Crippen molar-refractivity contribution in [2.75, 3.05) is 0 Å². The largest absolute Gasteiger partial charge is 0.0829 e. The predicted molar refractivity (Wildman–Crippen MR) is 127 cm³/mol. The van der Waals surface area contributed by atoms with Gasteiger partial charge in [-0.2, -0.15) is 0 Å². The molecule has 0 bridgehead atoms. The second-order valence-electron chi connectivity index (χ2n) is 7.55. The molecule has 0 amide bonds. The lowest BCUT2D eigenvalue weighted by Gasteiger charge is -2.22. The molecule has 0 fully saturated rings. The molecule has 0 saturated carbocycles. The van der Waals surface area contributed by atoms with Gasteiger partial charge in [0.05, 0.1) is 0 Å². The quantitative estimate of drug-likeness (QED) is 0.338. The van der Waals surface area contributed by atoms with Gasteiger partial charge in [0.2, 0.25) is 0 Å². The van der Waals surface area contributed by atoms with Crippen LogP contribution in [0.2, 0.25) is 0 Å². The Morgan fingerprint density at radius 3 is 2.30 bits per heavy atom. The van der Waals surface area contributed by atoms with Crippen molar-refractivity contribution in [3.63, 3.8) is 0 Å². The van der Waals surface area contributed by atoms with E-state index in [2.05, 4.69) is 126 Å². The van der Waals surface area contributed by atoms with Crippen molar-refractivity contribution in [3.8, 4) is 11.1 Å². The van der Waals surface area contributed by atoms with E-state index in [0.29, 0.717) is 0 Å². The van der Waals surface area contributed by atoms with Crippen LogP contribution >= 0.6 is 22.6 Å². The van der Waals surface area contributed by atoms with Crippen molar-refractivity contribution >= 4 is 38.9 Å². The molecule has 0 atom stereocenters. The fraction of sp³-hybridized carbons (Fsp3) is 0.154. The average molecular weight is 462 g/mol. The number of hydrogen-bond acceptors (Lipinski definition) is 0. The molecule has 0 unspecified atom stereocenters. The molecule has 0 nitrogen and oxygen atoms in total. The first-order chi connectivity index (χ1) is 13.1. The van der Waals surface area contributed by atoms with Crippen LogP contribution in [0.1, 0.15) is 31.9 Å². The summed E-state index contributed by atoms with van der Waals surface area (Å²) in [7, 11) is 0. The van der Waals surface area contributed by atoms with E-state index in [1.807, 2.05) is 0 Å². The maximum absolute atomic E-state index is 2.39. The van der Waals surface area contributed by atoms with E-state index >= 15 is 0 Å². The van der Waals surface area contributed by atoms with Gasteiger partial charge in [-0.3, -0.25) is 0 Å². The summed E-state index contributed by atoms with van der Waals surface area (Å²) < 4.78 is 2.06. The average Bonchev–Trinajstić information content (AvgIpc) is 2.91. The summed E-state index contributed by atoms with van der Waals surface area (Å²) in [5, 5.41) is 2.58. The lowest BCUT2D eigenvalue weighted by atomic mass is 9.81. The lowest BCUT2D eigenvalue weighted by Crippen LogP contribution is -2.15. The van der Waals surface area contributed by atoms with Crippen LogP contribution in [0.4, 0.5) is 0 Å². The van der Waals surface area contributed by atoms with E-state index in [0.717, 1.165) is 0 Å².